The van der Waals surface area contributed by atoms with Crippen LogP contribution < -0.4 is 4.74 Å². The van der Waals surface area contributed by atoms with Gasteiger partial charge in [0.1, 0.15) is 11.3 Å². The summed E-state index contributed by atoms with van der Waals surface area (Å²) >= 11 is 1.58. The van der Waals surface area contributed by atoms with E-state index >= 15 is 0 Å². The highest BCUT2D eigenvalue weighted by Gasteiger charge is 2.06. The van der Waals surface area contributed by atoms with E-state index < -0.39 is 0 Å². The van der Waals surface area contributed by atoms with Crippen LogP contribution in [-0.4, -0.2) is 15.9 Å². The summed E-state index contributed by atoms with van der Waals surface area (Å²) in [6.07, 6.45) is 1.73. The Labute approximate surface area is 101 Å². The van der Waals surface area contributed by atoms with Crippen molar-refractivity contribution in [3.63, 3.8) is 0 Å². The van der Waals surface area contributed by atoms with Crippen molar-refractivity contribution in [2.45, 2.75) is 6.92 Å². The minimum atomic E-state index is -0.330. The first-order valence-electron chi connectivity index (χ1n) is 5.04. The van der Waals surface area contributed by atoms with Crippen LogP contribution in [0.1, 0.15) is 6.92 Å². The summed E-state index contributed by atoms with van der Waals surface area (Å²) < 4.78 is 6.13. The molecule has 0 aliphatic rings. The number of ether oxygens (including phenoxy) is 1. The van der Waals surface area contributed by atoms with Gasteiger partial charge in [-0.25, -0.2) is 4.98 Å². The second kappa shape index (κ2) is 3.78. The highest BCUT2D eigenvalue weighted by molar-refractivity contribution is 7.17. The average molecular weight is 244 g/mol. The first-order chi connectivity index (χ1) is 8.24. The fourth-order valence-electron chi connectivity index (χ4n) is 1.72. The summed E-state index contributed by atoms with van der Waals surface area (Å²) in [5, 5.41) is 1.03. The molecule has 0 fully saturated rings. The lowest BCUT2D eigenvalue weighted by molar-refractivity contribution is -0.131. The number of aromatic nitrogens is 2. The minimum Gasteiger partial charge on any atom is -0.427 e. The maximum atomic E-state index is 10.9. The first-order valence-corrected chi connectivity index (χ1v) is 5.92. The van der Waals surface area contributed by atoms with Gasteiger partial charge in [-0.1, -0.05) is 0 Å². The van der Waals surface area contributed by atoms with Gasteiger partial charge in [0.2, 0.25) is 0 Å². The average Bonchev–Trinajstić information content (AvgIpc) is 2.76. The fraction of sp³-hybridized carbons (Fsp3) is 0.0833. The number of hydrogen-bond acceptors (Lipinski definition) is 5. The molecular weight excluding hydrogens is 236 g/mol. The van der Waals surface area contributed by atoms with Crippen LogP contribution in [0.2, 0.25) is 0 Å². The van der Waals surface area contributed by atoms with Crippen LogP contribution in [0.25, 0.3) is 21.1 Å². The number of pyridine rings is 1. The van der Waals surface area contributed by atoms with Gasteiger partial charge in [0, 0.05) is 18.4 Å². The molecule has 0 N–H and O–H groups in total. The Morgan fingerprint density at radius 2 is 2.18 bits per heavy atom. The summed E-state index contributed by atoms with van der Waals surface area (Å²) in [6, 6.07) is 5.43. The van der Waals surface area contributed by atoms with Crippen molar-refractivity contribution < 1.29 is 9.53 Å². The molecule has 3 aromatic rings. The molecule has 4 nitrogen and oxygen atoms in total. The van der Waals surface area contributed by atoms with Crippen LogP contribution in [0, 0.1) is 0 Å². The number of carbonyl (C=O) groups is 1. The molecule has 0 aliphatic carbocycles. The van der Waals surface area contributed by atoms with E-state index in [1.807, 2.05) is 6.07 Å². The molecule has 0 atom stereocenters. The lowest BCUT2D eigenvalue weighted by Crippen LogP contribution is -2.01. The number of esters is 1. The quantitative estimate of drug-likeness (QED) is 0.488. The third-order valence-electron chi connectivity index (χ3n) is 2.40. The largest absolute Gasteiger partial charge is 0.427 e. The molecule has 84 valence electrons. The molecule has 2 aromatic heterocycles. The van der Waals surface area contributed by atoms with Crippen molar-refractivity contribution in [1.29, 1.82) is 0 Å². The van der Waals surface area contributed by atoms with Gasteiger partial charge in [-0.3, -0.25) is 9.78 Å². The summed E-state index contributed by atoms with van der Waals surface area (Å²) in [6.45, 7) is 1.38. The molecule has 0 saturated heterocycles. The van der Waals surface area contributed by atoms with Crippen molar-refractivity contribution >= 4 is 38.4 Å². The second-order valence-electron chi connectivity index (χ2n) is 3.60. The zero-order valence-corrected chi connectivity index (χ0v) is 9.82. The summed E-state index contributed by atoms with van der Waals surface area (Å²) in [7, 11) is 0. The van der Waals surface area contributed by atoms with Crippen LogP contribution in [-0.2, 0) is 4.79 Å². The third kappa shape index (κ3) is 1.74. The molecule has 0 spiro atoms. The van der Waals surface area contributed by atoms with Gasteiger partial charge in [-0.15, -0.1) is 11.3 Å². The Kier molecular flexibility index (Phi) is 2.26. The SMILES string of the molecule is CC(=O)Oc1ccc2c(c1)ncc1ncsc12. The molecule has 0 aliphatic heterocycles. The van der Waals surface area contributed by atoms with Crippen LogP contribution in [0.4, 0.5) is 0 Å². The van der Waals surface area contributed by atoms with Crippen molar-refractivity contribution in [3.05, 3.63) is 29.9 Å². The predicted octanol–water partition coefficient (Wildman–Crippen LogP) is 2.77. The van der Waals surface area contributed by atoms with Crippen molar-refractivity contribution in [2.24, 2.45) is 0 Å². The molecule has 3 rings (SSSR count). The summed E-state index contributed by atoms with van der Waals surface area (Å²) in [4.78, 5) is 19.4. The third-order valence-corrected chi connectivity index (χ3v) is 3.27. The fourth-order valence-corrected chi connectivity index (χ4v) is 2.52. The van der Waals surface area contributed by atoms with E-state index in [0.717, 1.165) is 21.1 Å². The van der Waals surface area contributed by atoms with E-state index in [2.05, 4.69) is 9.97 Å². The topological polar surface area (TPSA) is 52.1 Å². The van der Waals surface area contributed by atoms with E-state index in [1.54, 1.807) is 35.2 Å². The zero-order valence-electron chi connectivity index (χ0n) is 9.01. The second-order valence-corrected chi connectivity index (χ2v) is 4.45. The van der Waals surface area contributed by atoms with Crippen molar-refractivity contribution in [1.82, 2.24) is 9.97 Å². The smallest absolute Gasteiger partial charge is 0.308 e. The van der Waals surface area contributed by atoms with Gasteiger partial charge in [0.15, 0.2) is 0 Å². The van der Waals surface area contributed by atoms with E-state index in [0.29, 0.717) is 5.75 Å². The number of fused-ring (bicyclic) bond motifs is 3. The number of thiazole rings is 1. The van der Waals surface area contributed by atoms with Crippen LogP contribution >= 0.6 is 11.3 Å². The highest BCUT2D eigenvalue weighted by atomic mass is 32.1. The molecule has 5 heteroatoms. The highest BCUT2D eigenvalue weighted by Crippen LogP contribution is 2.28. The van der Waals surface area contributed by atoms with Gasteiger partial charge >= 0.3 is 5.97 Å². The maximum absolute atomic E-state index is 10.9. The number of carbonyl (C=O) groups excluding carboxylic acids is 1. The molecular formula is C12H8N2O2S. The number of benzene rings is 1. The van der Waals surface area contributed by atoms with Crippen LogP contribution in [0.3, 0.4) is 0 Å². The monoisotopic (exact) mass is 244 g/mol. The van der Waals surface area contributed by atoms with Gasteiger partial charge in [0.05, 0.1) is 21.9 Å². The van der Waals surface area contributed by atoms with Crippen LogP contribution in [0.15, 0.2) is 29.9 Å². The zero-order chi connectivity index (χ0) is 11.8. The maximum Gasteiger partial charge on any atom is 0.308 e. The molecule has 0 radical (unpaired) electrons. The Hall–Kier alpha value is -2.01. The minimum absolute atomic E-state index is 0.330. The van der Waals surface area contributed by atoms with E-state index in [1.165, 1.54) is 6.92 Å². The Bertz CT molecular complexity index is 721. The standard InChI is InChI=1S/C12H8N2O2S/c1-7(15)16-8-2-3-9-10(4-8)13-5-11-12(9)17-6-14-11/h2-6H,1H3. The summed E-state index contributed by atoms with van der Waals surface area (Å²) in [5.74, 6) is 0.185. The Morgan fingerprint density at radius 1 is 1.29 bits per heavy atom. The van der Waals surface area contributed by atoms with Gasteiger partial charge < -0.3 is 4.74 Å². The number of hydrogen-bond donors (Lipinski definition) is 0. The molecule has 1 aromatic carbocycles. The normalized spacial score (nSPS) is 10.9. The molecule has 0 unspecified atom stereocenters. The van der Waals surface area contributed by atoms with Crippen molar-refractivity contribution in [2.75, 3.05) is 0 Å². The summed E-state index contributed by atoms with van der Waals surface area (Å²) in [5.41, 5.74) is 3.49. The van der Waals surface area contributed by atoms with Crippen LogP contribution in [0.5, 0.6) is 5.75 Å². The number of rotatable bonds is 1. The number of nitrogens with zero attached hydrogens (tertiary/aromatic N) is 2. The molecule has 17 heavy (non-hydrogen) atoms. The molecule has 2 heterocycles. The van der Waals surface area contributed by atoms with Gasteiger partial charge in [-0.2, -0.15) is 0 Å². The molecule has 0 bridgehead atoms. The van der Waals surface area contributed by atoms with E-state index in [9.17, 15) is 4.79 Å². The van der Waals surface area contributed by atoms with Crippen molar-refractivity contribution in [3.8, 4) is 5.75 Å². The lowest BCUT2D eigenvalue weighted by atomic mass is 10.2. The molecule has 0 amide bonds. The van der Waals surface area contributed by atoms with E-state index in [-0.39, 0.29) is 5.97 Å². The lowest BCUT2D eigenvalue weighted by Gasteiger charge is -2.03. The van der Waals surface area contributed by atoms with Gasteiger partial charge in [-0.05, 0) is 12.1 Å². The predicted molar refractivity (Wildman–Crippen MR) is 66.2 cm³/mol. The first kappa shape index (κ1) is 10.2. The Balaban J connectivity index is 2.23. The Morgan fingerprint density at radius 3 is 3.00 bits per heavy atom. The van der Waals surface area contributed by atoms with Gasteiger partial charge in [0.25, 0.3) is 0 Å². The van der Waals surface area contributed by atoms with E-state index in [4.69, 9.17) is 4.74 Å². The molecule has 0 saturated carbocycles.